The molecular formula is C13H14N2O4. The molecule has 6 nitrogen and oxygen atoms in total. The van der Waals surface area contributed by atoms with Crippen LogP contribution in [0.2, 0.25) is 0 Å². The number of nitrogens with zero attached hydrogens (tertiary/aromatic N) is 1. The van der Waals surface area contributed by atoms with Crippen LogP contribution in [0.5, 0.6) is 0 Å². The summed E-state index contributed by atoms with van der Waals surface area (Å²) in [7, 11) is 0. The first-order valence-corrected chi connectivity index (χ1v) is 6.15. The maximum atomic E-state index is 11.9. The molecule has 0 radical (unpaired) electrons. The first-order chi connectivity index (χ1) is 9.22. The van der Waals surface area contributed by atoms with Gasteiger partial charge in [0.1, 0.15) is 12.7 Å². The highest BCUT2D eigenvalue weighted by Gasteiger charge is 2.43. The van der Waals surface area contributed by atoms with E-state index in [0.29, 0.717) is 13.1 Å². The first kappa shape index (κ1) is 11.8. The molecule has 2 amide bonds. The Morgan fingerprint density at radius 1 is 1.37 bits per heavy atom. The zero-order valence-corrected chi connectivity index (χ0v) is 10.2. The van der Waals surface area contributed by atoms with E-state index in [0.717, 1.165) is 5.56 Å². The molecule has 0 aromatic heterocycles. The molecule has 0 spiro atoms. The zero-order chi connectivity index (χ0) is 13.2. The van der Waals surface area contributed by atoms with E-state index in [1.165, 1.54) is 0 Å². The van der Waals surface area contributed by atoms with Crippen LogP contribution < -0.4 is 5.32 Å². The van der Waals surface area contributed by atoms with Gasteiger partial charge in [-0.3, -0.25) is 0 Å². The normalized spacial score (nSPS) is 24.6. The van der Waals surface area contributed by atoms with Gasteiger partial charge in [-0.1, -0.05) is 30.3 Å². The number of benzene rings is 1. The van der Waals surface area contributed by atoms with Gasteiger partial charge >= 0.3 is 12.2 Å². The number of hydrogen-bond acceptors (Lipinski definition) is 4. The predicted octanol–water partition coefficient (Wildman–Crippen LogP) is 1.12. The highest BCUT2D eigenvalue weighted by atomic mass is 16.6. The van der Waals surface area contributed by atoms with Crippen LogP contribution in [0.25, 0.3) is 0 Å². The standard InChI is InChI=1S/C13H14N2O4/c16-12-14-10-6-15(7-11(10)19-12)13(17)18-8-9-4-2-1-3-5-9/h1-5,10-11H,6-8H2,(H,14,16). The minimum Gasteiger partial charge on any atom is -0.445 e. The molecule has 100 valence electrons. The van der Waals surface area contributed by atoms with Crippen molar-refractivity contribution in [3.8, 4) is 0 Å². The Morgan fingerprint density at radius 2 is 2.16 bits per heavy atom. The predicted molar refractivity (Wildman–Crippen MR) is 65.4 cm³/mol. The molecule has 0 bridgehead atoms. The Morgan fingerprint density at radius 3 is 2.89 bits per heavy atom. The number of amides is 2. The summed E-state index contributed by atoms with van der Waals surface area (Å²) >= 11 is 0. The summed E-state index contributed by atoms with van der Waals surface area (Å²) in [6.07, 6.45) is -1.04. The van der Waals surface area contributed by atoms with Crippen LogP contribution in [0.4, 0.5) is 9.59 Å². The monoisotopic (exact) mass is 262 g/mol. The highest BCUT2D eigenvalue weighted by Crippen LogP contribution is 2.19. The van der Waals surface area contributed by atoms with E-state index in [-0.39, 0.29) is 24.8 Å². The third kappa shape index (κ3) is 2.47. The summed E-state index contributed by atoms with van der Waals surface area (Å²) in [4.78, 5) is 24.4. The summed E-state index contributed by atoms with van der Waals surface area (Å²) < 4.78 is 10.3. The van der Waals surface area contributed by atoms with Crippen molar-refractivity contribution < 1.29 is 19.1 Å². The average molecular weight is 262 g/mol. The number of rotatable bonds is 2. The number of ether oxygens (including phenoxy) is 2. The summed E-state index contributed by atoms with van der Waals surface area (Å²) in [6.45, 7) is 1.07. The lowest BCUT2D eigenvalue weighted by molar-refractivity contribution is 0.0918. The lowest BCUT2D eigenvalue weighted by Gasteiger charge is -2.16. The molecule has 19 heavy (non-hydrogen) atoms. The van der Waals surface area contributed by atoms with Crippen molar-refractivity contribution in [2.45, 2.75) is 18.8 Å². The molecule has 6 heteroatoms. The first-order valence-electron chi connectivity index (χ1n) is 6.15. The van der Waals surface area contributed by atoms with Crippen molar-refractivity contribution in [2.75, 3.05) is 13.1 Å². The number of alkyl carbamates (subject to hydrolysis) is 1. The van der Waals surface area contributed by atoms with Gasteiger partial charge in [0.15, 0.2) is 0 Å². The van der Waals surface area contributed by atoms with E-state index < -0.39 is 6.09 Å². The molecule has 2 aliphatic heterocycles. The number of likely N-dealkylation sites (tertiary alicyclic amines) is 1. The lowest BCUT2D eigenvalue weighted by Crippen LogP contribution is -2.35. The highest BCUT2D eigenvalue weighted by molar-refractivity contribution is 5.73. The molecule has 1 aromatic rings. The SMILES string of the molecule is O=C1NC2CN(C(=O)OCc3ccccc3)CC2O1. The second-order valence-corrected chi connectivity index (χ2v) is 4.64. The minimum absolute atomic E-state index is 0.114. The van der Waals surface area contributed by atoms with Crippen LogP contribution in [0.1, 0.15) is 5.56 Å². The van der Waals surface area contributed by atoms with Crippen LogP contribution in [0.3, 0.4) is 0 Å². The van der Waals surface area contributed by atoms with Gasteiger partial charge in [-0.05, 0) is 5.56 Å². The fourth-order valence-electron chi connectivity index (χ4n) is 2.31. The Balaban J connectivity index is 1.51. The van der Waals surface area contributed by atoms with E-state index in [9.17, 15) is 9.59 Å². The zero-order valence-electron chi connectivity index (χ0n) is 10.2. The molecule has 2 heterocycles. The van der Waals surface area contributed by atoms with Crippen LogP contribution in [-0.2, 0) is 16.1 Å². The van der Waals surface area contributed by atoms with Gasteiger partial charge in [-0.2, -0.15) is 0 Å². The fourth-order valence-corrected chi connectivity index (χ4v) is 2.31. The maximum absolute atomic E-state index is 11.9. The number of carbonyl (C=O) groups is 2. The van der Waals surface area contributed by atoms with Crippen molar-refractivity contribution in [3.05, 3.63) is 35.9 Å². The number of hydrogen-bond donors (Lipinski definition) is 1. The minimum atomic E-state index is -0.410. The Bertz CT molecular complexity index is 475. The molecule has 1 N–H and O–H groups in total. The molecule has 2 atom stereocenters. The van der Waals surface area contributed by atoms with E-state index in [1.807, 2.05) is 30.3 Å². The molecule has 0 aliphatic carbocycles. The van der Waals surface area contributed by atoms with E-state index in [4.69, 9.17) is 9.47 Å². The number of nitrogens with one attached hydrogen (secondary N) is 1. The topological polar surface area (TPSA) is 67.9 Å². The summed E-state index contributed by atoms with van der Waals surface area (Å²) in [5.74, 6) is 0. The Kier molecular flexibility index (Phi) is 2.98. The second-order valence-electron chi connectivity index (χ2n) is 4.64. The molecular weight excluding hydrogens is 248 g/mol. The van der Waals surface area contributed by atoms with Gasteiger partial charge in [0.25, 0.3) is 0 Å². The molecule has 2 fully saturated rings. The fraction of sp³-hybridized carbons (Fsp3) is 0.385. The molecule has 3 rings (SSSR count). The van der Waals surface area contributed by atoms with Gasteiger partial charge in [-0.25, -0.2) is 9.59 Å². The Hall–Kier alpha value is -2.24. The largest absolute Gasteiger partial charge is 0.445 e. The van der Waals surface area contributed by atoms with Crippen molar-refractivity contribution in [3.63, 3.8) is 0 Å². The smallest absolute Gasteiger partial charge is 0.410 e. The van der Waals surface area contributed by atoms with Gasteiger partial charge < -0.3 is 19.7 Å². The molecule has 1 aromatic carbocycles. The quantitative estimate of drug-likeness (QED) is 0.867. The van der Waals surface area contributed by atoms with Crippen molar-refractivity contribution in [2.24, 2.45) is 0 Å². The third-order valence-electron chi connectivity index (χ3n) is 3.29. The van der Waals surface area contributed by atoms with Gasteiger partial charge in [0.2, 0.25) is 0 Å². The molecule has 2 aliphatic rings. The maximum Gasteiger partial charge on any atom is 0.410 e. The summed E-state index contributed by atoms with van der Waals surface area (Å²) in [5.41, 5.74) is 0.944. The summed E-state index contributed by atoms with van der Waals surface area (Å²) in [5, 5.41) is 2.66. The molecule has 0 saturated carbocycles. The van der Waals surface area contributed by atoms with Gasteiger partial charge in [0.05, 0.1) is 12.6 Å². The van der Waals surface area contributed by atoms with Gasteiger partial charge in [0, 0.05) is 6.54 Å². The second kappa shape index (κ2) is 4.79. The van der Waals surface area contributed by atoms with Crippen LogP contribution in [0, 0.1) is 0 Å². The van der Waals surface area contributed by atoms with E-state index in [1.54, 1.807) is 4.90 Å². The van der Waals surface area contributed by atoms with Gasteiger partial charge in [-0.15, -0.1) is 0 Å². The van der Waals surface area contributed by atoms with Crippen molar-refractivity contribution >= 4 is 12.2 Å². The number of carbonyl (C=O) groups excluding carboxylic acids is 2. The van der Waals surface area contributed by atoms with E-state index >= 15 is 0 Å². The lowest BCUT2D eigenvalue weighted by atomic mass is 10.2. The third-order valence-corrected chi connectivity index (χ3v) is 3.29. The van der Waals surface area contributed by atoms with Crippen LogP contribution in [0.15, 0.2) is 30.3 Å². The van der Waals surface area contributed by atoms with Crippen LogP contribution in [-0.4, -0.2) is 42.3 Å². The Labute approximate surface area is 110 Å². The average Bonchev–Trinajstić information content (AvgIpc) is 2.94. The number of fused-ring (bicyclic) bond motifs is 1. The molecule has 2 saturated heterocycles. The molecule has 2 unspecified atom stereocenters. The van der Waals surface area contributed by atoms with Crippen molar-refractivity contribution in [1.82, 2.24) is 10.2 Å². The summed E-state index contributed by atoms with van der Waals surface area (Å²) in [6, 6.07) is 9.38. The van der Waals surface area contributed by atoms with Crippen LogP contribution >= 0.6 is 0 Å². The van der Waals surface area contributed by atoms with Crippen molar-refractivity contribution in [1.29, 1.82) is 0 Å². The van der Waals surface area contributed by atoms with E-state index in [2.05, 4.69) is 5.32 Å².